The molecule has 4 aliphatic rings. The van der Waals surface area contributed by atoms with Crippen LogP contribution in [-0.2, 0) is 23.2 Å². The number of imidazole rings is 1. The lowest BCUT2D eigenvalue weighted by Crippen LogP contribution is -2.46. The van der Waals surface area contributed by atoms with E-state index >= 15 is 8.78 Å². The van der Waals surface area contributed by atoms with Crippen molar-refractivity contribution in [2.75, 3.05) is 47.9 Å². The Bertz CT molecular complexity index is 2390. The van der Waals surface area contributed by atoms with E-state index in [0.29, 0.717) is 85.6 Å². The van der Waals surface area contributed by atoms with Gasteiger partial charge in [0, 0.05) is 74.4 Å². The summed E-state index contributed by atoms with van der Waals surface area (Å²) in [6, 6.07) is 12.2. The number of carbonyl (C=O) groups excluding carboxylic acids is 3. The van der Waals surface area contributed by atoms with Crippen molar-refractivity contribution in [3.8, 4) is 17.1 Å². The summed E-state index contributed by atoms with van der Waals surface area (Å²) in [5.41, 5.74) is 6.14. The van der Waals surface area contributed by atoms with Crippen molar-refractivity contribution < 1.29 is 27.9 Å². The van der Waals surface area contributed by atoms with E-state index in [0.717, 1.165) is 47.2 Å². The second-order valence-electron chi connectivity index (χ2n) is 15.6. The van der Waals surface area contributed by atoms with Crippen LogP contribution in [0.25, 0.3) is 22.3 Å². The van der Waals surface area contributed by atoms with Crippen LogP contribution in [0.1, 0.15) is 65.3 Å². The molecule has 290 valence electrons. The second kappa shape index (κ2) is 14.0. The van der Waals surface area contributed by atoms with E-state index < -0.39 is 29.4 Å². The van der Waals surface area contributed by atoms with Crippen LogP contribution in [0, 0.1) is 37.3 Å². The van der Waals surface area contributed by atoms with Gasteiger partial charge in [0.25, 0.3) is 5.91 Å². The van der Waals surface area contributed by atoms with E-state index in [1.165, 1.54) is 12.1 Å². The fourth-order valence-electron chi connectivity index (χ4n) is 9.02. The predicted octanol–water partition coefficient (Wildman–Crippen LogP) is 5.63. The van der Waals surface area contributed by atoms with Gasteiger partial charge in [0.05, 0.1) is 40.5 Å². The maximum atomic E-state index is 15.4. The highest BCUT2D eigenvalue weighted by molar-refractivity contribution is 6.05. The first-order valence-electron chi connectivity index (χ1n) is 19.3. The molecule has 9 rings (SSSR count). The Balaban J connectivity index is 0.981. The van der Waals surface area contributed by atoms with Crippen LogP contribution >= 0.6 is 0 Å². The number of benzene rings is 2. The molecular weight excluding hydrogens is 721 g/mol. The summed E-state index contributed by atoms with van der Waals surface area (Å²) >= 11 is 0. The predicted molar refractivity (Wildman–Crippen MR) is 206 cm³/mol. The molecule has 2 saturated heterocycles. The summed E-state index contributed by atoms with van der Waals surface area (Å²) in [5, 5.41) is 9.94. The Labute approximate surface area is 322 Å². The molecule has 6 heterocycles. The van der Waals surface area contributed by atoms with E-state index in [1.807, 2.05) is 37.9 Å². The van der Waals surface area contributed by atoms with Crippen molar-refractivity contribution in [3.05, 3.63) is 76.6 Å². The highest BCUT2D eigenvalue weighted by atomic mass is 19.1. The van der Waals surface area contributed by atoms with Gasteiger partial charge in [-0.15, -0.1) is 0 Å². The number of nitrogens with zero attached hydrogens (tertiary/aromatic N) is 7. The first-order chi connectivity index (χ1) is 27.0. The van der Waals surface area contributed by atoms with E-state index in [4.69, 9.17) is 14.7 Å². The highest BCUT2D eigenvalue weighted by Crippen LogP contribution is 2.39. The number of amides is 3. The number of pyridine rings is 1. The number of piperidine rings is 1. The van der Waals surface area contributed by atoms with Gasteiger partial charge in [-0.05, 0) is 93.8 Å². The lowest BCUT2D eigenvalue weighted by atomic mass is 9.89. The number of hydrogen-bond acceptors (Lipinski definition) is 9. The van der Waals surface area contributed by atoms with Crippen molar-refractivity contribution in [1.82, 2.24) is 29.6 Å². The van der Waals surface area contributed by atoms with Gasteiger partial charge in [-0.2, -0.15) is 5.10 Å². The lowest BCUT2D eigenvalue weighted by molar-refractivity contribution is -0.134. The monoisotopic (exact) mass is 763 g/mol. The van der Waals surface area contributed by atoms with Gasteiger partial charge >= 0.3 is 0 Å². The molecule has 3 aromatic heterocycles. The molecule has 2 aromatic carbocycles. The van der Waals surface area contributed by atoms with E-state index in [9.17, 15) is 14.4 Å². The number of ether oxygens (including phenoxy) is 1. The summed E-state index contributed by atoms with van der Waals surface area (Å²) in [6.45, 7) is 7.29. The standard InChI is InChI=1S/C41H43F2N9O4/c1-22-14-26-16-33(44-22)36-23(2)48-49(3)40(36)56-21-25-5-4-24(15-25)20-52-34-19-27(6-8-32(34)45-41(52)47-38(26)54)50-10-12-51(13-11-50)28-17-30(42)37(31(43)18-28)29-7-9-35(53)46-39(29)55/h6,8,14,16-19,24-25,29H,4-5,7,9-13,15,20-21H2,1-3H3,(H,45,47,54)(H,46,53,55)/t24-,25+,29-/m1/s1. The molecule has 0 radical (unpaired) electrons. The Kier molecular flexibility index (Phi) is 8.96. The van der Waals surface area contributed by atoms with E-state index in [-0.39, 0.29) is 24.3 Å². The molecule has 13 nitrogen and oxygen atoms in total. The molecule has 0 unspecified atom stereocenters. The third-order valence-electron chi connectivity index (χ3n) is 11.8. The van der Waals surface area contributed by atoms with Crippen LogP contribution in [0.15, 0.2) is 42.5 Å². The molecule has 0 spiro atoms. The average Bonchev–Trinajstić information content (AvgIpc) is 3.84. The minimum Gasteiger partial charge on any atom is -0.477 e. The first kappa shape index (κ1) is 35.8. The van der Waals surface area contributed by atoms with Crippen molar-refractivity contribution in [2.45, 2.75) is 58.4 Å². The highest BCUT2D eigenvalue weighted by Gasteiger charge is 2.34. The summed E-state index contributed by atoms with van der Waals surface area (Å²) in [6.07, 6.45) is 3.14. The van der Waals surface area contributed by atoms with Gasteiger partial charge in [-0.25, -0.2) is 18.4 Å². The fourth-order valence-corrected chi connectivity index (χ4v) is 9.02. The number of aromatic nitrogens is 5. The molecule has 4 bridgehead atoms. The fraction of sp³-hybridized carbons (Fsp3) is 0.415. The normalized spacial score (nSPS) is 21.5. The molecule has 3 atom stereocenters. The zero-order valence-corrected chi connectivity index (χ0v) is 31.6. The Morgan fingerprint density at radius 3 is 2.32 bits per heavy atom. The molecule has 3 aliphatic heterocycles. The summed E-state index contributed by atoms with van der Waals surface area (Å²) in [4.78, 5) is 51.8. The summed E-state index contributed by atoms with van der Waals surface area (Å²) in [7, 11) is 1.87. The molecule has 3 fully saturated rings. The van der Waals surface area contributed by atoms with E-state index in [2.05, 4.69) is 31.3 Å². The maximum Gasteiger partial charge on any atom is 0.258 e. The average molecular weight is 764 g/mol. The molecule has 5 aromatic rings. The number of rotatable bonds is 3. The van der Waals surface area contributed by atoms with Gasteiger partial charge < -0.3 is 19.1 Å². The van der Waals surface area contributed by atoms with Crippen molar-refractivity contribution >= 4 is 46.1 Å². The van der Waals surface area contributed by atoms with Crippen LogP contribution in [0.2, 0.25) is 0 Å². The van der Waals surface area contributed by atoms with Crippen LogP contribution in [0.3, 0.4) is 0 Å². The quantitative estimate of drug-likeness (QED) is 0.224. The molecular formula is C41H43F2N9O4. The third kappa shape index (κ3) is 6.52. The van der Waals surface area contributed by atoms with Gasteiger partial charge in [-0.1, -0.05) is 0 Å². The van der Waals surface area contributed by atoms with Crippen LogP contribution in [0.5, 0.6) is 5.88 Å². The van der Waals surface area contributed by atoms with Gasteiger partial charge in [0.1, 0.15) is 11.6 Å². The summed E-state index contributed by atoms with van der Waals surface area (Å²) in [5.74, 6) is -2.15. The Hall–Kier alpha value is -5.86. The van der Waals surface area contributed by atoms with Crippen LogP contribution in [-0.4, -0.2) is 74.8 Å². The SMILES string of the molecule is Cc1cc2cc(n1)-c1c(C)nn(C)c1OC[C@H]1CC[C@H](C1)Cn1c(nc3ccc(N4CCN(c5cc(F)c([C@H]6CCC(=O)NC6=O)c(F)c5)CC4)cc31)NC2=O. The van der Waals surface area contributed by atoms with Crippen molar-refractivity contribution in [1.29, 1.82) is 0 Å². The molecule has 1 aliphatic carbocycles. The molecule has 15 heteroatoms. The van der Waals surface area contributed by atoms with Gasteiger partial charge in [-0.3, -0.25) is 30.0 Å². The molecule has 56 heavy (non-hydrogen) atoms. The third-order valence-corrected chi connectivity index (χ3v) is 11.8. The number of hydrogen-bond donors (Lipinski definition) is 2. The van der Waals surface area contributed by atoms with Crippen molar-refractivity contribution in [3.63, 3.8) is 0 Å². The number of fused-ring (bicyclic) bond motifs is 9. The van der Waals surface area contributed by atoms with E-state index in [1.54, 1.807) is 16.8 Å². The minimum atomic E-state index is -1.04. The number of nitrogens with one attached hydrogen (secondary N) is 2. The number of imide groups is 1. The zero-order chi connectivity index (χ0) is 38.8. The van der Waals surface area contributed by atoms with Crippen LogP contribution in [0.4, 0.5) is 26.1 Å². The summed E-state index contributed by atoms with van der Waals surface area (Å²) < 4.78 is 41.1. The minimum absolute atomic E-state index is 0.0394. The van der Waals surface area contributed by atoms with Crippen LogP contribution < -0.4 is 25.2 Å². The van der Waals surface area contributed by atoms with Crippen molar-refractivity contribution in [2.24, 2.45) is 18.9 Å². The zero-order valence-electron chi connectivity index (χ0n) is 31.6. The number of carbonyl (C=O) groups is 3. The number of halogens is 2. The Morgan fingerprint density at radius 2 is 1.57 bits per heavy atom. The number of anilines is 3. The molecule has 2 N–H and O–H groups in total. The molecule has 1 saturated carbocycles. The first-order valence-corrected chi connectivity index (χ1v) is 19.3. The maximum absolute atomic E-state index is 15.4. The number of piperazine rings is 1. The topological polar surface area (TPSA) is 140 Å². The largest absolute Gasteiger partial charge is 0.477 e. The number of aryl methyl sites for hydroxylation is 3. The lowest BCUT2D eigenvalue weighted by Gasteiger charge is -2.37. The molecule has 3 amide bonds. The second-order valence-corrected chi connectivity index (χ2v) is 15.6. The Morgan fingerprint density at radius 1 is 0.839 bits per heavy atom. The van der Waals surface area contributed by atoms with Gasteiger partial charge in [0.15, 0.2) is 0 Å². The smallest absolute Gasteiger partial charge is 0.258 e. The van der Waals surface area contributed by atoms with Gasteiger partial charge in [0.2, 0.25) is 23.6 Å².